The third-order valence-electron chi connectivity index (χ3n) is 5.87. The van der Waals surface area contributed by atoms with Crippen LogP contribution >= 0.6 is 11.8 Å². The Morgan fingerprint density at radius 1 is 1.03 bits per heavy atom. The van der Waals surface area contributed by atoms with Gasteiger partial charge in [0.15, 0.2) is 16.8 Å². The molecule has 0 aliphatic carbocycles. The van der Waals surface area contributed by atoms with Gasteiger partial charge in [-0.3, -0.25) is 14.3 Å². The number of hydrogen-bond donors (Lipinski definition) is 0. The number of ketones is 1. The Kier molecular flexibility index (Phi) is 6.04. The molecule has 0 radical (unpaired) electrons. The summed E-state index contributed by atoms with van der Waals surface area (Å²) in [6.07, 6.45) is 4.65. The van der Waals surface area contributed by atoms with E-state index in [1.807, 2.05) is 36.4 Å². The average molecular weight is 435 g/mol. The number of carbonyl (C=O) groups excluding carboxylic acids is 1. The predicted molar refractivity (Wildman–Crippen MR) is 121 cm³/mol. The van der Waals surface area contributed by atoms with Gasteiger partial charge in [0.1, 0.15) is 5.75 Å². The van der Waals surface area contributed by atoms with Crippen LogP contribution in [0.3, 0.4) is 0 Å². The molecule has 5 rings (SSSR count). The molecule has 1 fully saturated rings. The van der Waals surface area contributed by atoms with E-state index in [1.54, 1.807) is 0 Å². The number of fused-ring (bicyclic) bond motifs is 1. The standard InChI is InChI=1S/C24H26N4O2S/c29-21(18-9-10-22-19(15-18)11-14-30-22)17-31-24-26-25-23(16-27-12-5-2-6-13-27)28(24)20-7-3-1-4-8-20/h1,3-4,7-10,15H,2,5-6,11-14,16-17H2. The number of aromatic nitrogens is 3. The molecule has 2 aliphatic rings. The summed E-state index contributed by atoms with van der Waals surface area (Å²) in [5.74, 6) is 2.25. The number of thioether (sulfide) groups is 1. The van der Waals surface area contributed by atoms with Gasteiger partial charge in [-0.15, -0.1) is 10.2 Å². The normalized spacial score (nSPS) is 16.1. The van der Waals surface area contributed by atoms with E-state index in [2.05, 4.69) is 31.8 Å². The van der Waals surface area contributed by atoms with Gasteiger partial charge in [-0.05, 0) is 61.8 Å². The zero-order valence-electron chi connectivity index (χ0n) is 17.5. The van der Waals surface area contributed by atoms with Gasteiger partial charge in [-0.25, -0.2) is 0 Å². The molecule has 3 heterocycles. The van der Waals surface area contributed by atoms with Crippen molar-refractivity contribution in [3.05, 3.63) is 65.5 Å². The number of likely N-dealkylation sites (tertiary alicyclic amines) is 1. The summed E-state index contributed by atoms with van der Waals surface area (Å²) in [4.78, 5) is 15.3. The molecule has 0 atom stereocenters. The highest BCUT2D eigenvalue weighted by molar-refractivity contribution is 7.99. The van der Waals surface area contributed by atoms with Crippen LogP contribution in [0.2, 0.25) is 0 Å². The number of piperidine rings is 1. The van der Waals surface area contributed by atoms with Crippen LogP contribution in [0.4, 0.5) is 0 Å². The van der Waals surface area contributed by atoms with E-state index in [9.17, 15) is 4.79 Å². The summed E-state index contributed by atoms with van der Waals surface area (Å²) < 4.78 is 7.65. The van der Waals surface area contributed by atoms with E-state index in [4.69, 9.17) is 4.74 Å². The lowest BCUT2D eigenvalue weighted by Gasteiger charge is -2.26. The van der Waals surface area contributed by atoms with Gasteiger partial charge in [0.25, 0.3) is 0 Å². The summed E-state index contributed by atoms with van der Waals surface area (Å²) in [6, 6.07) is 15.9. The van der Waals surface area contributed by atoms with Crippen molar-refractivity contribution in [3.8, 4) is 11.4 Å². The number of nitrogens with zero attached hydrogens (tertiary/aromatic N) is 4. The van der Waals surface area contributed by atoms with Gasteiger partial charge in [0.2, 0.25) is 0 Å². The maximum absolute atomic E-state index is 12.9. The number of ether oxygens (including phenoxy) is 1. The topological polar surface area (TPSA) is 60.2 Å². The van der Waals surface area contributed by atoms with Crippen LogP contribution in [0.25, 0.3) is 5.69 Å². The summed E-state index contributed by atoms with van der Waals surface area (Å²) in [7, 11) is 0. The zero-order chi connectivity index (χ0) is 21.0. The van der Waals surface area contributed by atoms with Gasteiger partial charge in [-0.2, -0.15) is 0 Å². The summed E-state index contributed by atoms with van der Waals surface area (Å²) in [5, 5.41) is 9.73. The molecule has 1 aromatic heterocycles. The fourth-order valence-electron chi connectivity index (χ4n) is 4.22. The van der Waals surface area contributed by atoms with E-state index in [0.717, 1.165) is 59.6 Å². The summed E-state index contributed by atoms with van der Waals surface area (Å²) >= 11 is 1.45. The first-order valence-corrected chi connectivity index (χ1v) is 11.9. The molecule has 6 nitrogen and oxygen atoms in total. The summed E-state index contributed by atoms with van der Waals surface area (Å²) in [5.41, 5.74) is 2.88. The minimum absolute atomic E-state index is 0.0971. The molecule has 0 saturated carbocycles. The van der Waals surface area contributed by atoms with Crippen LogP contribution in [-0.2, 0) is 13.0 Å². The Bertz CT molecular complexity index is 1060. The van der Waals surface area contributed by atoms with Gasteiger partial charge in [0.05, 0.1) is 18.9 Å². The number of Topliss-reactive ketones (excluding diaryl/α,β-unsaturated/α-hetero) is 1. The number of carbonyl (C=O) groups is 1. The molecule has 0 unspecified atom stereocenters. The van der Waals surface area contributed by atoms with E-state index in [0.29, 0.717) is 12.4 Å². The highest BCUT2D eigenvalue weighted by Gasteiger charge is 2.20. The Balaban J connectivity index is 1.35. The predicted octanol–water partition coefficient (Wildman–Crippen LogP) is 4.16. The second-order valence-corrected chi connectivity index (χ2v) is 8.98. The van der Waals surface area contributed by atoms with E-state index in [-0.39, 0.29) is 5.78 Å². The maximum atomic E-state index is 12.9. The number of para-hydroxylation sites is 1. The second-order valence-electron chi connectivity index (χ2n) is 8.04. The molecule has 31 heavy (non-hydrogen) atoms. The van der Waals surface area contributed by atoms with Crippen molar-refractivity contribution in [2.24, 2.45) is 0 Å². The first kappa shape index (κ1) is 20.3. The molecule has 1 saturated heterocycles. The number of rotatable bonds is 7. The molecule has 0 amide bonds. The molecule has 2 aromatic carbocycles. The third-order valence-corrected chi connectivity index (χ3v) is 6.80. The highest BCUT2D eigenvalue weighted by atomic mass is 32.2. The average Bonchev–Trinajstić information content (AvgIpc) is 3.45. The number of benzene rings is 2. The van der Waals surface area contributed by atoms with Crippen LogP contribution in [0.5, 0.6) is 5.75 Å². The highest BCUT2D eigenvalue weighted by Crippen LogP contribution is 2.28. The Labute approximate surface area is 186 Å². The Hall–Kier alpha value is -2.64. The molecule has 160 valence electrons. The minimum atomic E-state index is 0.0971. The van der Waals surface area contributed by atoms with Crippen LogP contribution in [0.1, 0.15) is 41.0 Å². The van der Waals surface area contributed by atoms with E-state index in [1.165, 1.54) is 31.0 Å². The zero-order valence-corrected chi connectivity index (χ0v) is 18.3. The third kappa shape index (κ3) is 4.52. The van der Waals surface area contributed by atoms with Crippen molar-refractivity contribution in [2.45, 2.75) is 37.4 Å². The molecule has 0 N–H and O–H groups in total. The van der Waals surface area contributed by atoms with Crippen LogP contribution in [-0.4, -0.2) is 50.9 Å². The van der Waals surface area contributed by atoms with Crippen molar-refractivity contribution in [1.82, 2.24) is 19.7 Å². The monoisotopic (exact) mass is 434 g/mol. The first-order chi connectivity index (χ1) is 15.3. The largest absolute Gasteiger partial charge is 0.493 e. The SMILES string of the molecule is O=C(CSc1nnc(CN2CCCCC2)n1-c1ccccc1)c1ccc2c(c1)CCO2. The second kappa shape index (κ2) is 9.24. The molecular weight excluding hydrogens is 408 g/mol. The van der Waals surface area contributed by atoms with E-state index < -0.39 is 0 Å². The summed E-state index contributed by atoms with van der Waals surface area (Å²) in [6.45, 7) is 3.68. The quantitative estimate of drug-likeness (QED) is 0.411. The van der Waals surface area contributed by atoms with Crippen LogP contribution < -0.4 is 4.74 Å². The van der Waals surface area contributed by atoms with Crippen molar-refractivity contribution >= 4 is 17.5 Å². The lowest BCUT2D eigenvalue weighted by molar-refractivity contribution is 0.102. The Morgan fingerprint density at radius 2 is 1.87 bits per heavy atom. The van der Waals surface area contributed by atoms with Gasteiger partial charge in [0, 0.05) is 17.7 Å². The van der Waals surface area contributed by atoms with Gasteiger partial charge >= 0.3 is 0 Å². The smallest absolute Gasteiger partial charge is 0.196 e. The van der Waals surface area contributed by atoms with Crippen molar-refractivity contribution in [2.75, 3.05) is 25.4 Å². The van der Waals surface area contributed by atoms with Crippen molar-refractivity contribution < 1.29 is 9.53 Å². The molecule has 0 spiro atoms. The fourth-order valence-corrected chi connectivity index (χ4v) is 5.09. The fraction of sp³-hybridized carbons (Fsp3) is 0.375. The van der Waals surface area contributed by atoms with Crippen LogP contribution in [0.15, 0.2) is 53.7 Å². The lowest BCUT2D eigenvalue weighted by atomic mass is 10.1. The lowest BCUT2D eigenvalue weighted by Crippen LogP contribution is -2.30. The first-order valence-electron chi connectivity index (χ1n) is 10.9. The van der Waals surface area contributed by atoms with Gasteiger partial charge < -0.3 is 4.74 Å². The van der Waals surface area contributed by atoms with Gasteiger partial charge in [-0.1, -0.05) is 36.4 Å². The maximum Gasteiger partial charge on any atom is 0.196 e. The van der Waals surface area contributed by atoms with E-state index >= 15 is 0 Å². The molecule has 2 aliphatic heterocycles. The Morgan fingerprint density at radius 3 is 2.71 bits per heavy atom. The molecular formula is C24H26N4O2S. The number of hydrogen-bond acceptors (Lipinski definition) is 6. The van der Waals surface area contributed by atoms with Crippen molar-refractivity contribution in [3.63, 3.8) is 0 Å². The minimum Gasteiger partial charge on any atom is -0.493 e. The molecule has 0 bridgehead atoms. The van der Waals surface area contributed by atoms with Crippen molar-refractivity contribution in [1.29, 1.82) is 0 Å². The molecule has 3 aromatic rings. The molecule has 7 heteroatoms. The van der Waals surface area contributed by atoms with Crippen LogP contribution in [0, 0.1) is 0 Å².